The van der Waals surface area contributed by atoms with Gasteiger partial charge in [-0.2, -0.15) is 5.10 Å². The van der Waals surface area contributed by atoms with Gasteiger partial charge in [-0.3, -0.25) is 0 Å². The highest BCUT2D eigenvalue weighted by Gasteiger charge is 2.19. The van der Waals surface area contributed by atoms with Crippen molar-refractivity contribution in [3.8, 4) is 34.0 Å². The molecule has 0 saturated heterocycles. The van der Waals surface area contributed by atoms with Crippen LogP contribution in [0.15, 0.2) is 176 Å². The number of rotatable bonds is 4. The zero-order valence-corrected chi connectivity index (χ0v) is 27.5. The molecule has 0 bridgehead atoms. The summed E-state index contributed by atoms with van der Waals surface area (Å²) in [5.41, 5.74) is 12.0. The Labute approximate surface area is 292 Å². The van der Waals surface area contributed by atoms with Crippen LogP contribution in [0.5, 0.6) is 0 Å². The van der Waals surface area contributed by atoms with Crippen LogP contribution in [-0.4, -0.2) is 23.7 Å². The average Bonchev–Trinajstić information content (AvgIpc) is 3.88. The Bertz CT molecular complexity index is 3110. The second-order valence-corrected chi connectivity index (χ2v) is 13.1. The number of benzene rings is 7. The zero-order chi connectivity index (χ0) is 33.5. The molecule has 0 spiro atoms. The number of hydrogen-bond donors (Lipinski definition) is 0. The van der Waals surface area contributed by atoms with Crippen LogP contribution in [0.4, 0.5) is 0 Å². The third kappa shape index (κ3) is 4.15. The second kappa shape index (κ2) is 10.8. The third-order valence-electron chi connectivity index (χ3n) is 10.3. The highest BCUT2D eigenvalue weighted by molar-refractivity contribution is 6.19. The van der Waals surface area contributed by atoms with E-state index in [-0.39, 0.29) is 0 Å². The molecule has 0 aliphatic carbocycles. The maximum absolute atomic E-state index is 5.16. The zero-order valence-electron chi connectivity index (χ0n) is 27.5. The SMILES string of the molecule is c1ccc(-c2cc3c4ccccc4nc(-c4ccc(-n5c6ccccc6c6cc7c8ccccc8n(-c8ccccc8)c7cc65)cc4)n3n2)cc1. The summed E-state index contributed by atoms with van der Waals surface area (Å²) in [7, 11) is 0. The third-order valence-corrected chi connectivity index (χ3v) is 10.3. The van der Waals surface area contributed by atoms with Crippen LogP contribution in [0.3, 0.4) is 0 Å². The van der Waals surface area contributed by atoms with E-state index in [4.69, 9.17) is 10.1 Å². The monoisotopic (exact) mass is 651 g/mol. The van der Waals surface area contributed by atoms with Crippen molar-refractivity contribution in [1.29, 1.82) is 0 Å². The minimum atomic E-state index is 0.814. The van der Waals surface area contributed by atoms with Crippen molar-refractivity contribution < 1.29 is 0 Å². The molecule has 0 aliphatic heterocycles. The lowest BCUT2D eigenvalue weighted by Crippen LogP contribution is -2.00. The topological polar surface area (TPSA) is 40.0 Å². The summed E-state index contributed by atoms with van der Waals surface area (Å²) in [6.07, 6.45) is 0. The number of hydrogen-bond acceptors (Lipinski definition) is 2. The Morgan fingerprint density at radius 2 is 0.902 bits per heavy atom. The van der Waals surface area contributed by atoms with Crippen molar-refractivity contribution in [2.24, 2.45) is 0 Å². The van der Waals surface area contributed by atoms with Crippen molar-refractivity contribution in [2.75, 3.05) is 0 Å². The number of para-hydroxylation sites is 4. The summed E-state index contributed by atoms with van der Waals surface area (Å²) < 4.78 is 6.78. The van der Waals surface area contributed by atoms with E-state index in [0.717, 1.165) is 50.4 Å². The van der Waals surface area contributed by atoms with Crippen LogP contribution < -0.4 is 0 Å². The van der Waals surface area contributed by atoms with Gasteiger partial charge in [-0.1, -0.05) is 103 Å². The van der Waals surface area contributed by atoms with Crippen molar-refractivity contribution in [2.45, 2.75) is 0 Å². The van der Waals surface area contributed by atoms with Crippen LogP contribution in [0, 0.1) is 0 Å². The van der Waals surface area contributed by atoms with E-state index in [1.165, 1.54) is 43.6 Å². The maximum atomic E-state index is 5.16. The van der Waals surface area contributed by atoms with Gasteiger partial charge >= 0.3 is 0 Å². The van der Waals surface area contributed by atoms with Gasteiger partial charge < -0.3 is 9.13 Å². The molecule has 238 valence electrons. The first-order valence-electron chi connectivity index (χ1n) is 17.3. The van der Waals surface area contributed by atoms with E-state index in [1.54, 1.807) is 0 Å². The fourth-order valence-corrected chi connectivity index (χ4v) is 7.94. The molecule has 5 heteroatoms. The number of nitrogens with zero attached hydrogens (tertiary/aromatic N) is 5. The van der Waals surface area contributed by atoms with Gasteiger partial charge in [-0.25, -0.2) is 9.50 Å². The lowest BCUT2D eigenvalue weighted by atomic mass is 10.1. The largest absolute Gasteiger partial charge is 0.309 e. The normalized spacial score (nSPS) is 11.9. The van der Waals surface area contributed by atoms with Crippen molar-refractivity contribution in [3.63, 3.8) is 0 Å². The van der Waals surface area contributed by atoms with Crippen LogP contribution in [0.25, 0.3) is 94.1 Å². The maximum Gasteiger partial charge on any atom is 0.161 e. The minimum absolute atomic E-state index is 0.814. The molecule has 4 heterocycles. The lowest BCUT2D eigenvalue weighted by Gasteiger charge is -2.12. The van der Waals surface area contributed by atoms with Crippen LogP contribution in [0.2, 0.25) is 0 Å². The lowest BCUT2D eigenvalue weighted by molar-refractivity contribution is 0.949. The Kier molecular flexibility index (Phi) is 5.89. The second-order valence-electron chi connectivity index (χ2n) is 13.1. The smallest absolute Gasteiger partial charge is 0.161 e. The molecule has 0 atom stereocenters. The Morgan fingerprint density at radius 3 is 1.57 bits per heavy atom. The van der Waals surface area contributed by atoms with Gasteiger partial charge in [0.15, 0.2) is 5.82 Å². The van der Waals surface area contributed by atoms with E-state index in [9.17, 15) is 0 Å². The molecule has 4 aromatic heterocycles. The van der Waals surface area contributed by atoms with Crippen molar-refractivity contribution in [1.82, 2.24) is 23.7 Å². The van der Waals surface area contributed by atoms with Gasteiger partial charge in [-0.05, 0) is 72.8 Å². The quantitative estimate of drug-likeness (QED) is 0.190. The van der Waals surface area contributed by atoms with Gasteiger partial charge in [-0.15, -0.1) is 0 Å². The van der Waals surface area contributed by atoms with Gasteiger partial charge in [0.25, 0.3) is 0 Å². The van der Waals surface area contributed by atoms with Gasteiger partial charge in [0, 0.05) is 49.4 Å². The Balaban J connectivity index is 1.13. The van der Waals surface area contributed by atoms with Gasteiger partial charge in [0.2, 0.25) is 0 Å². The number of fused-ring (bicyclic) bond motifs is 9. The van der Waals surface area contributed by atoms with Crippen LogP contribution >= 0.6 is 0 Å². The van der Waals surface area contributed by atoms with Gasteiger partial charge in [0.05, 0.1) is 38.8 Å². The van der Waals surface area contributed by atoms with Crippen molar-refractivity contribution >= 4 is 60.0 Å². The Morgan fingerprint density at radius 1 is 0.353 bits per heavy atom. The molecule has 51 heavy (non-hydrogen) atoms. The molecular weight excluding hydrogens is 623 g/mol. The van der Waals surface area contributed by atoms with E-state index in [0.29, 0.717) is 0 Å². The molecule has 0 aliphatic rings. The van der Waals surface area contributed by atoms with Crippen molar-refractivity contribution in [3.05, 3.63) is 176 Å². The average molecular weight is 652 g/mol. The van der Waals surface area contributed by atoms with Crippen LogP contribution in [-0.2, 0) is 0 Å². The van der Waals surface area contributed by atoms with Crippen LogP contribution in [0.1, 0.15) is 0 Å². The Hall–Kier alpha value is -6.98. The first-order valence-corrected chi connectivity index (χ1v) is 17.3. The molecule has 7 aromatic carbocycles. The summed E-state index contributed by atoms with van der Waals surface area (Å²) >= 11 is 0. The summed E-state index contributed by atoms with van der Waals surface area (Å²) in [6.45, 7) is 0. The molecule has 0 fully saturated rings. The molecule has 0 unspecified atom stereocenters. The molecular formula is C46H29N5. The first-order chi connectivity index (χ1) is 25.3. The summed E-state index contributed by atoms with van der Waals surface area (Å²) in [6, 6.07) is 62.5. The molecule has 11 aromatic rings. The standard InChI is InChI=1S/C46H29N5/c1-3-13-30(14-4-1)40-28-45-36-19-7-10-20-39(36)47-46(51(45)48-40)31-23-25-33(26-24-31)50-42-22-12-9-18-35(42)38-27-37-34-17-8-11-21-41(34)49(43(37)29-44(38)50)32-15-5-2-6-16-32/h1-29H. The highest BCUT2D eigenvalue weighted by Crippen LogP contribution is 2.40. The van der Waals surface area contributed by atoms with E-state index in [2.05, 4.69) is 173 Å². The molecule has 0 radical (unpaired) electrons. The fourth-order valence-electron chi connectivity index (χ4n) is 7.94. The molecule has 0 amide bonds. The van der Waals surface area contributed by atoms with E-state index < -0.39 is 0 Å². The highest BCUT2D eigenvalue weighted by atomic mass is 15.3. The molecule has 5 nitrogen and oxygen atoms in total. The predicted molar refractivity (Wildman–Crippen MR) is 210 cm³/mol. The fraction of sp³-hybridized carbons (Fsp3) is 0. The first kappa shape index (κ1) is 27.9. The summed E-state index contributed by atoms with van der Waals surface area (Å²) in [5, 5.41) is 11.1. The summed E-state index contributed by atoms with van der Waals surface area (Å²) in [5.74, 6) is 0.814. The minimum Gasteiger partial charge on any atom is -0.309 e. The number of aromatic nitrogens is 5. The predicted octanol–water partition coefficient (Wildman–Crippen LogP) is 11.4. The molecule has 0 N–H and O–H groups in total. The molecule has 11 rings (SSSR count). The molecule has 0 saturated carbocycles. The summed E-state index contributed by atoms with van der Waals surface area (Å²) in [4.78, 5) is 5.16. The van der Waals surface area contributed by atoms with E-state index in [1.807, 2.05) is 16.6 Å². The van der Waals surface area contributed by atoms with E-state index >= 15 is 0 Å². The van der Waals surface area contributed by atoms with Gasteiger partial charge in [0.1, 0.15) is 0 Å².